The van der Waals surface area contributed by atoms with E-state index >= 15 is 0 Å². The average molecular weight is 359 g/mol. The number of carbonyl (C=O) groups is 2. The quantitative estimate of drug-likeness (QED) is 0.806. The fourth-order valence-electron chi connectivity index (χ4n) is 2.72. The van der Waals surface area contributed by atoms with E-state index in [1.165, 1.54) is 0 Å². The van der Waals surface area contributed by atoms with E-state index in [-0.39, 0.29) is 11.8 Å². The maximum Gasteiger partial charge on any atom is 0.269 e. The zero-order chi connectivity index (χ0) is 17.9. The highest BCUT2D eigenvalue weighted by Gasteiger charge is 2.51. The molecule has 1 aliphatic rings. The van der Waals surface area contributed by atoms with Crippen LogP contribution in [0.5, 0.6) is 5.75 Å². The molecule has 2 N–H and O–H groups in total. The van der Waals surface area contributed by atoms with Crippen molar-refractivity contribution in [2.75, 3.05) is 6.61 Å². The molecule has 0 bridgehead atoms. The Morgan fingerprint density at radius 2 is 1.68 bits per heavy atom. The van der Waals surface area contributed by atoms with E-state index in [0.717, 1.165) is 18.4 Å². The molecular formula is C19H19ClN2O3. The lowest BCUT2D eigenvalue weighted by Gasteiger charge is -2.16. The summed E-state index contributed by atoms with van der Waals surface area (Å²) in [5, 5.41) is 0.628. The number of ether oxygens (including phenoxy) is 1. The summed E-state index contributed by atoms with van der Waals surface area (Å²) >= 11 is 5.90. The minimum absolute atomic E-state index is 0.214. The van der Waals surface area contributed by atoms with Gasteiger partial charge in [0.2, 0.25) is 5.91 Å². The Balaban J connectivity index is 1.60. The molecule has 2 amide bonds. The summed E-state index contributed by atoms with van der Waals surface area (Å²) in [5.74, 6) is 0.111. The molecule has 0 spiro atoms. The molecule has 0 atom stereocenters. The number of halogens is 1. The second kappa shape index (κ2) is 7.15. The van der Waals surface area contributed by atoms with Gasteiger partial charge in [0.25, 0.3) is 5.91 Å². The van der Waals surface area contributed by atoms with Crippen molar-refractivity contribution in [1.29, 1.82) is 0 Å². The second-order valence-corrected chi connectivity index (χ2v) is 6.39. The smallest absolute Gasteiger partial charge is 0.269 e. The van der Waals surface area contributed by atoms with Gasteiger partial charge in [0.05, 0.1) is 12.0 Å². The van der Waals surface area contributed by atoms with E-state index in [1.54, 1.807) is 36.4 Å². The summed E-state index contributed by atoms with van der Waals surface area (Å²) in [6.07, 6.45) is 1.50. The van der Waals surface area contributed by atoms with E-state index in [2.05, 4.69) is 10.9 Å². The Labute approximate surface area is 151 Å². The maximum absolute atomic E-state index is 12.5. The highest BCUT2D eigenvalue weighted by atomic mass is 35.5. The molecular weight excluding hydrogens is 340 g/mol. The van der Waals surface area contributed by atoms with Crippen LogP contribution in [0.3, 0.4) is 0 Å². The van der Waals surface area contributed by atoms with E-state index in [0.29, 0.717) is 22.9 Å². The van der Waals surface area contributed by atoms with Crippen molar-refractivity contribution in [2.24, 2.45) is 0 Å². The first-order valence-corrected chi connectivity index (χ1v) is 8.52. The molecule has 1 aliphatic carbocycles. The second-order valence-electron chi connectivity index (χ2n) is 5.95. The Bertz CT molecular complexity index is 768. The summed E-state index contributed by atoms with van der Waals surface area (Å²) in [5.41, 5.74) is 5.78. The van der Waals surface area contributed by atoms with E-state index in [9.17, 15) is 9.59 Å². The predicted octanol–water partition coefficient (Wildman–Crippen LogP) is 3.23. The van der Waals surface area contributed by atoms with Gasteiger partial charge in [0.15, 0.2) is 0 Å². The van der Waals surface area contributed by atoms with Gasteiger partial charge in [-0.3, -0.25) is 20.4 Å². The van der Waals surface area contributed by atoms with Crippen LogP contribution in [0, 0.1) is 0 Å². The minimum atomic E-state index is -0.573. The topological polar surface area (TPSA) is 67.4 Å². The van der Waals surface area contributed by atoms with Crippen LogP contribution in [0.25, 0.3) is 0 Å². The van der Waals surface area contributed by atoms with Crippen molar-refractivity contribution >= 4 is 23.4 Å². The highest BCUT2D eigenvalue weighted by Crippen LogP contribution is 2.48. The van der Waals surface area contributed by atoms with Gasteiger partial charge in [-0.15, -0.1) is 0 Å². The molecule has 1 fully saturated rings. The van der Waals surface area contributed by atoms with Crippen molar-refractivity contribution in [3.8, 4) is 5.75 Å². The molecule has 3 rings (SSSR count). The van der Waals surface area contributed by atoms with E-state index < -0.39 is 5.41 Å². The molecule has 5 nitrogen and oxygen atoms in total. The molecule has 6 heteroatoms. The number of hydrogen-bond acceptors (Lipinski definition) is 3. The molecule has 0 saturated heterocycles. The molecule has 0 aromatic heterocycles. The number of hydrazine groups is 1. The van der Waals surface area contributed by atoms with Gasteiger partial charge in [0.1, 0.15) is 5.75 Å². The lowest BCUT2D eigenvalue weighted by Crippen LogP contribution is -2.46. The van der Waals surface area contributed by atoms with Gasteiger partial charge in [0, 0.05) is 10.6 Å². The van der Waals surface area contributed by atoms with Gasteiger partial charge in [-0.05, 0) is 61.7 Å². The number of nitrogens with one attached hydrogen (secondary N) is 2. The monoisotopic (exact) mass is 358 g/mol. The molecule has 2 aromatic carbocycles. The van der Waals surface area contributed by atoms with Crippen molar-refractivity contribution in [3.63, 3.8) is 0 Å². The van der Waals surface area contributed by atoms with Crippen molar-refractivity contribution in [1.82, 2.24) is 10.9 Å². The molecule has 0 radical (unpaired) electrons. The van der Waals surface area contributed by atoms with Crippen molar-refractivity contribution in [2.45, 2.75) is 25.2 Å². The van der Waals surface area contributed by atoms with Crippen LogP contribution in [-0.4, -0.2) is 18.4 Å². The molecule has 0 aliphatic heterocycles. The average Bonchev–Trinajstić information content (AvgIpc) is 3.43. The normalized spacial score (nSPS) is 14.5. The largest absolute Gasteiger partial charge is 0.494 e. The third kappa shape index (κ3) is 3.77. The summed E-state index contributed by atoms with van der Waals surface area (Å²) in [7, 11) is 0. The molecule has 2 aromatic rings. The predicted molar refractivity (Wildman–Crippen MR) is 95.6 cm³/mol. The molecule has 1 saturated carbocycles. The Morgan fingerprint density at radius 3 is 2.24 bits per heavy atom. The van der Waals surface area contributed by atoms with Crippen molar-refractivity contribution in [3.05, 3.63) is 64.7 Å². The van der Waals surface area contributed by atoms with Crippen LogP contribution in [-0.2, 0) is 10.2 Å². The van der Waals surface area contributed by atoms with E-state index in [4.69, 9.17) is 16.3 Å². The summed E-state index contributed by atoms with van der Waals surface area (Å²) < 4.78 is 5.34. The maximum atomic E-state index is 12.5. The number of hydrogen-bond donors (Lipinski definition) is 2. The third-order valence-electron chi connectivity index (χ3n) is 4.30. The van der Waals surface area contributed by atoms with Crippen LogP contribution in [0.2, 0.25) is 5.02 Å². The first kappa shape index (κ1) is 17.3. The Morgan fingerprint density at radius 1 is 1.04 bits per heavy atom. The van der Waals surface area contributed by atoms with Crippen LogP contribution in [0.4, 0.5) is 0 Å². The number of rotatable bonds is 5. The van der Waals surface area contributed by atoms with Gasteiger partial charge in [-0.2, -0.15) is 0 Å². The molecule has 25 heavy (non-hydrogen) atoms. The fraction of sp³-hybridized carbons (Fsp3) is 0.263. The fourth-order valence-corrected chi connectivity index (χ4v) is 2.84. The van der Waals surface area contributed by atoms with Crippen LogP contribution >= 0.6 is 11.6 Å². The van der Waals surface area contributed by atoms with Gasteiger partial charge in [-0.25, -0.2) is 0 Å². The Hall–Kier alpha value is -2.53. The van der Waals surface area contributed by atoms with Gasteiger partial charge < -0.3 is 4.74 Å². The SMILES string of the molecule is CCOc1ccc(C(=O)NNC(=O)C2(c3ccc(Cl)cc3)CC2)cc1. The zero-order valence-electron chi connectivity index (χ0n) is 13.8. The van der Waals surface area contributed by atoms with Crippen molar-refractivity contribution < 1.29 is 14.3 Å². The molecule has 130 valence electrons. The first-order chi connectivity index (χ1) is 12.0. The third-order valence-corrected chi connectivity index (χ3v) is 4.55. The summed E-state index contributed by atoms with van der Waals surface area (Å²) in [6.45, 7) is 2.46. The molecule has 0 unspecified atom stereocenters. The van der Waals surface area contributed by atoms with Gasteiger partial charge in [-0.1, -0.05) is 23.7 Å². The molecule has 0 heterocycles. The number of carbonyl (C=O) groups excluding carboxylic acids is 2. The Kier molecular flexibility index (Phi) is 4.95. The highest BCUT2D eigenvalue weighted by molar-refractivity contribution is 6.30. The van der Waals surface area contributed by atoms with Crippen LogP contribution in [0.15, 0.2) is 48.5 Å². The van der Waals surface area contributed by atoms with E-state index in [1.807, 2.05) is 19.1 Å². The number of amides is 2. The zero-order valence-corrected chi connectivity index (χ0v) is 14.6. The van der Waals surface area contributed by atoms with Crippen LogP contribution in [0.1, 0.15) is 35.7 Å². The number of benzene rings is 2. The van der Waals surface area contributed by atoms with Gasteiger partial charge >= 0.3 is 0 Å². The lowest BCUT2D eigenvalue weighted by molar-refractivity contribution is -0.124. The minimum Gasteiger partial charge on any atom is -0.494 e. The first-order valence-electron chi connectivity index (χ1n) is 8.15. The standard InChI is InChI=1S/C19H19ClN2O3/c1-2-25-16-9-3-13(4-10-16)17(23)21-22-18(24)19(11-12-19)14-5-7-15(20)8-6-14/h3-10H,2,11-12H2,1H3,(H,21,23)(H,22,24). The summed E-state index contributed by atoms with van der Waals surface area (Å²) in [4.78, 5) is 24.7. The lowest BCUT2D eigenvalue weighted by atomic mass is 9.95. The van der Waals surface area contributed by atoms with Crippen LogP contribution < -0.4 is 15.6 Å². The summed E-state index contributed by atoms with van der Waals surface area (Å²) in [6, 6.07) is 14.0.